The Morgan fingerprint density at radius 1 is 0.323 bits per heavy atom. The Kier molecular flexibility index (Phi) is 50.9. The van der Waals surface area contributed by atoms with E-state index in [-0.39, 0.29) is 31.1 Å². The first kappa shape index (κ1) is 61.9. The number of hydrogen-bond donors (Lipinski definition) is 0. The van der Waals surface area contributed by atoms with Gasteiger partial charge in [0.1, 0.15) is 13.2 Å². The summed E-state index contributed by atoms with van der Waals surface area (Å²) in [5.41, 5.74) is 0. The number of esters is 3. The van der Waals surface area contributed by atoms with Crippen molar-refractivity contribution in [3.63, 3.8) is 0 Å². The van der Waals surface area contributed by atoms with Crippen LogP contribution < -0.4 is 0 Å². The molecule has 0 aromatic carbocycles. The highest BCUT2D eigenvalue weighted by atomic mass is 16.6. The topological polar surface area (TPSA) is 78.9 Å². The Labute approximate surface area is 402 Å². The molecule has 0 saturated heterocycles. The van der Waals surface area contributed by atoms with Crippen LogP contribution in [0.2, 0.25) is 0 Å². The summed E-state index contributed by atoms with van der Waals surface area (Å²) in [6.45, 7) is 6.46. The molecule has 0 spiro atoms. The smallest absolute Gasteiger partial charge is 0.306 e. The molecule has 0 saturated carbocycles. The van der Waals surface area contributed by atoms with Gasteiger partial charge in [-0.15, -0.1) is 0 Å². The average Bonchev–Trinajstić information content (AvgIpc) is 3.30. The highest BCUT2D eigenvalue weighted by molar-refractivity contribution is 5.71. The van der Waals surface area contributed by atoms with Gasteiger partial charge in [-0.05, 0) is 103 Å². The SMILES string of the molecule is CC/C=C\C/C=C\C/C=C\C/C=C\CCCCCCCCC(=O)OCC(COC(=O)CCCCCC/C=C\CCCC)OC(=O)CCCCCCC/C=C\CCCCCCCCCCC. The fourth-order valence-corrected chi connectivity index (χ4v) is 7.53. The third-order valence-electron chi connectivity index (χ3n) is 11.7. The fraction of sp³-hybridized carbons (Fsp3) is 0.746. The molecule has 0 heterocycles. The molecule has 0 aromatic rings. The second-order valence-corrected chi connectivity index (χ2v) is 18.1. The Morgan fingerprint density at radius 2 is 0.615 bits per heavy atom. The van der Waals surface area contributed by atoms with Crippen molar-refractivity contribution in [2.75, 3.05) is 13.2 Å². The summed E-state index contributed by atoms with van der Waals surface area (Å²) in [4.78, 5) is 38.0. The summed E-state index contributed by atoms with van der Waals surface area (Å²) in [6.07, 6.45) is 67.5. The Morgan fingerprint density at radius 3 is 1.00 bits per heavy atom. The van der Waals surface area contributed by atoms with E-state index in [2.05, 4.69) is 93.7 Å². The van der Waals surface area contributed by atoms with Crippen LogP contribution >= 0.6 is 0 Å². The number of ether oxygens (including phenoxy) is 3. The summed E-state index contributed by atoms with van der Waals surface area (Å²) < 4.78 is 16.8. The van der Waals surface area contributed by atoms with Crippen LogP contribution in [0.15, 0.2) is 72.9 Å². The van der Waals surface area contributed by atoms with E-state index in [0.29, 0.717) is 19.3 Å². The Balaban J connectivity index is 4.36. The van der Waals surface area contributed by atoms with Gasteiger partial charge in [0.2, 0.25) is 0 Å². The summed E-state index contributed by atoms with van der Waals surface area (Å²) in [7, 11) is 0. The first-order valence-corrected chi connectivity index (χ1v) is 27.4. The monoisotopic (exact) mass is 907 g/mol. The molecule has 6 nitrogen and oxygen atoms in total. The van der Waals surface area contributed by atoms with Crippen molar-refractivity contribution in [1.82, 2.24) is 0 Å². The molecule has 6 heteroatoms. The van der Waals surface area contributed by atoms with Crippen LogP contribution in [0.3, 0.4) is 0 Å². The molecule has 0 fully saturated rings. The van der Waals surface area contributed by atoms with E-state index in [1.165, 1.54) is 103 Å². The molecule has 0 rings (SSSR count). The number of carbonyl (C=O) groups excluding carboxylic acids is 3. The third kappa shape index (κ3) is 51.7. The summed E-state index contributed by atoms with van der Waals surface area (Å²) in [5, 5.41) is 0. The summed E-state index contributed by atoms with van der Waals surface area (Å²) >= 11 is 0. The molecule has 0 bridgehead atoms. The predicted molar refractivity (Wildman–Crippen MR) is 279 cm³/mol. The van der Waals surface area contributed by atoms with Crippen molar-refractivity contribution in [2.24, 2.45) is 0 Å². The zero-order valence-electron chi connectivity index (χ0n) is 42.7. The van der Waals surface area contributed by atoms with Crippen LogP contribution in [0, 0.1) is 0 Å². The van der Waals surface area contributed by atoms with Crippen LogP contribution in [0.4, 0.5) is 0 Å². The molecule has 0 aliphatic rings. The maximum absolute atomic E-state index is 12.8. The third-order valence-corrected chi connectivity index (χ3v) is 11.7. The van der Waals surface area contributed by atoms with Gasteiger partial charge in [0.25, 0.3) is 0 Å². The second-order valence-electron chi connectivity index (χ2n) is 18.1. The first-order chi connectivity index (χ1) is 32.0. The van der Waals surface area contributed by atoms with Gasteiger partial charge in [0.15, 0.2) is 6.10 Å². The van der Waals surface area contributed by atoms with Crippen molar-refractivity contribution >= 4 is 17.9 Å². The predicted octanol–water partition coefficient (Wildman–Crippen LogP) is 18.2. The minimum absolute atomic E-state index is 0.0893. The van der Waals surface area contributed by atoms with Crippen molar-refractivity contribution in [1.29, 1.82) is 0 Å². The lowest BCUT2D eigenvalue weighted by molar-refractivity contribution is -0.167. The van der Waals surface area contributed by atoms with Crippen LogP contribution in [-0.2, 0) is 28.6 Å². The zero-order chi connectivity index (χ0) is 47.2. The molecule has 374 valence electrons. The molecule has 0 aliphatic carbocycles. The highest BCUT2D eigenvalue weighted by Crippen LogP contribution is 2.14. The van der Waals surface area contributed by atoms with Crippen LogP contribution in [0.1, 0.15) is 265 Å². The zero-order valence-corrected chi connectivity index (χ0v) is 42.7. The van der Waals surface area contributed by atoms with Gasteiger partial charge in [0, 0.05) is 19.3 Å². The number of rotatable bonds is 49. The first-order valence-electron chi connectivity index (χ1n) is 27.4. The van der Waals surface area contributed by atoms with E-state index in [1.807, 2.05) is 0 Å². The molecular formula is C59H102O6. The lowest BCUT2D eigenvalue weighted by Gasteiger charge is -2.18. The molecule has 65 heavy (non-hydrogen) atoms. The quantitative estimate of drug-likeness (QED) is 0.0262. The van der Waals surface area contributed by atoms with Crippen LogP contribution in [-0.4, -0.2) is 37.2 Å². The average molecular weight is 907 g/mol. The summed E-state index contributed by atoms with van der Waals surface area (Å²) in [5.74, 6) is -0.920. The summed E-state index contributed by atoms with van der Waals surface area (Å²) in [6, 6.07) is 0. The van der Waals surface area contributed by atoms with Crippen molar-refractivity contribution in [3.05, 3.63) is 72.9 Å². The van der Waals surface area contributed by atoms with Gasteiger partial charge in [-0.1, -0.05) is 216 Å². The minimum Gasteiger partial charge on any atom is -0.462 e. The molecule has 1 atom stereocenters. The molecule has 1 unspecified atom stereocenters. The maximum atomic E-state index is 12.8. The van der Waals surface area contributed by atoms with E-state index in [1.54, 1.807) is 0 Å². The lowest BCUT2D eigenvalue weighted by atomic mass is 10.1. The van der Waals surface area contributed by atoms with Gasteiger partial charge in [-0.25, -0.2) is 0 Å². The Bertz CT molecular complexity index is 1230. The van der Waals surface area contributed by atoms with Gasteiger partial charge >= 0.3 is 17.9 Å². The van der Waals surface area contributed by atoms with Crippen molar-refractivity contribution in [3.8, 4) is 0 Å². The number of hydrogen-bond acceptors (Lipinski definition) is 6. The van der Waals surface area contributed by atoms with E-state index < -0.39 is 6.10 Å². The fourth-order valence-electron chi connectivity index (χ4n) is 7.53. The molecule has 0 amide bonds. The number of unbranched alkanes of at least 4 members (excludes halogenated alkanes) is 26. The lowest BCUT2D eigenvalue weighted by Crippen LogP contribution is -2.30. The number of carbonyl (C=O) groups is 3. The maximum Gasteiger partial charge on any atom is 0.306 e. The van der Waals surface area contributed by atoms with E-state index in [0.717, 1.165) is 122 Å². The Hall–Kier alpha value is -3.15. The second kappa shape index (κ2) is 53.5. The highest BCUT2D eigenvalue weighted by Gasteiger charge is 2.19. The molecule has 0 radical (unpaired) electrons. The standard InChI is InChI=1S/C59H102O6/c1-4-7-10-13-16-19-22-24-26-28-30-32-33-35-37-40-43-46-49-52-58(61)64-55-56(54-63-57(60)51-48-45-42-39-21-18-15-12-9-6-3)65-59(62)53-50-47-44-41-38-36-34-31-29-27-25-23-20-17-14-11-8-5-2/h7,10,15-16,18-19,24,26,30-32,34,56H,4-6,8-9,11-14,17,20-23,25,27-29,33,35-55H2,1-3H3/b10-7-,18-15-,19-16-,26-24-,32-30-,34-31-. The molecule has 0 N–H and O–H groups in total. The van der Waals surface area contributed by atoms with Gasteiger partial charge in [0.05, 0.1) is 0 Å². The van der Waals surface area contributed by atoms with E-state index in [9.17, 15) is 14.4 Å². The van der Waals surface area contributed by atoms with Crippen molar-refractivity contribution < 1.29 is 28.6 Å². The van der Waals surface area contributed by atoms with Gasteiger partial charge in [-0.3, -0.25) is 14.4 Å². The van der Waals surface area contributed by atoms with Crippen molar-refractivity contribution in [2.45, 2.75) is 271 Å². The van der Waals surface area contributed by atoms with E-state index in [4.69, 9.17) is 14.2 Å². The van der Waals surface area contributed by atoms with Crippen LogP contribution in [0.5, 0.6) is 0 Å². The minimum atomic E-state index is -0.789. The normalized spacial score (nSPS) is 12.6. The van der Waals surface area contributed by atoms with Gasteiger partial charge < -0.3 is 14.2 Å². The molecule has 0 aliphatic heterocycles. The largest absolute Gasteiger partial charge is 0.462 e. The van der Waals surface area contributed by atoms with Crippen LogP contribution in [0.25, 0.3) is 0 Å². The molecular weight excluding hydrogens is 805 g/mol. The van der Waals surface area contributed by atoms with E-state index >= 15 is 0 Å². The molecule has 0 aromatic heterocycles. The number of allylic oxidation sites excluding steroid dienone is 12. The van der Waals surface area contributed by atoms with Gasteiger partial charge in [-0.2, -0.15) is 0 Å².